The number of fused-ring (bicyclic) bond motifs is 1. The Morgan fingerprint density at radius 2 is 2.25 bits per heavy atom. The monoisotopic (exact) mass is 460 g/mol. The van der Waals surface area contributed by atoms with Crippen LogP contribution in [0.25, 0.3) is 4.96 Å². The van der Waals surface area contributed by atoms with Crippen LogP contribution in [0, 0.1) is 0 Å². The van der Waals surface area contributed by atoms with E-state index in [0.29, 0.717) is 6.54 Å². The van der Waals surface area contributed by atoms with Crippen LogP contribution in [0.1, 0.15) is 18.4 Å². The number of guanidine groups is 1. The number of nitrogens with zero attached hydrogens (tertiary/aromatic N) is 6. The molecule has 0 unspecified atom stereocenters. The summed E-state index contributed by atoms with van der Waals surface area (Å²) in [5.41, 5.74) is 0.992. The number of aryl methyl sites for hydroxylation is 1. The maximum Gasteiger partial charge on any atom is 0.193 e. The molecule has 0 aliphatic heterocycles. The molecule has 24 heavy (non-hydrogen) atoms. The number of rotatable bonds is 6. The fourth-order valence-electron chi connectivity index (χ4n) is 2.29. The van der Waals surface area contributed by atoms with Crippen LogP contribution >= 0.6 is 35.3 Å². The van der Waals surface area contributed by atoms with Gasteiger partial charge in [0.25, 0.3) is 0 Å². The summed E-state index contributed by atoms with van der Waals surface area (Å²) in [6, 6.07) is 0. The Hall–Kier alpha value is -1.69. The molecule has 0 amide bonds. The minimum absolute atomic E-state index is 0. The zero-order valence-electron chi connectivity index (χ0n) is 13.6. The molecule has 3 heterocycles. The molecule has 0 atom stereocenters. The lowest BCUT2D eigenvalue weighted by atomic mass is 10.4. The Morgan fingerprint density at radius 3 is 3.00 bits per heavy atom. The van der Waals surface area contributed by atoms with E-state index in [2.05, 4.69) is 37.7 Å². The number of aliphatic imine (C=N–C) groups is 1. The molecule has 0 aliphatic rings. The molecule has 8 nitrogen and oxygen atoms in total. The van der Waals surface area contributed by atoms with Crippen molar-refractivity contribution in [3.63, 3.8) is 0 Å². The first-order valence-corrected chi connectivity index (χ1v) is 8.40. The summed E-state index contributed by atoms with van der Waals surface area (Å²) in [7, 11) is 1.76. The van der Waals surface area contributed by atoms with Crippen molar-refractivity contribution in [1.29, 1.82) is 0 Å². The van der Waals surface area contributed by atoms with E-state index >= 15 is 0 Å². The standard InChI is InChI=1S/C14H20N8S.HI/c1-3-12-20-18-10-22(12)5-4-16-13(15-2)17-8-11-9-21-6-7-23-14(21)19-11;/h6-7,9-10H,3-5,8H2,1-2H3,(H2,15,16,17);1H. The third-order valence-electron chi connectivity index (χ3n) is 3.46. The predicted molar refractivity (Wildman–Crippen MR) is 106 cm³/mol. The Morgan fingerprint density at radius 1 is 1.38 bits per heavy atom. The molecule has 3 rings (SSSR count). The van der Waals surface area contributed by atoms with E-state index in [0.717, 1.165) is 41.9 Å². The van der Waals surface area contributed by atoms with E-state index in [1.165, 1.54) is 0 Å². The maximum atomic E-state index is 4.54. The number of imidazole rings is 1. The second-order valence-corrected chi connectivity index (χ2v) is 5.84. The molecular formula is C14H21IN8S. The molecule has 0 saturated carbocycles. The van der Waals surface area contributed by atoms with Gasteiger partial charge in [-0.05, 0) is 0 Å². The van der Waals surface area contributed by atoms with Gasteiger partial charge >= 0.3 is 0 Å². The highest BCUT2D eigenvalue weighted by Crippen LogP contribution is 2.10. The van der Waals surface area contributed by atoms with Gasteiger partial charge in [0.1, 0.15) is 12.2 Å². The Labute approximate surface area is 161 Å². The van der Waals surface area contributed by atoms with Crippen molar-refractivity contribution in [2.24, 2.45) is 4.99 Å². The van der Waals surface area contributed by atoms with E-state index in [-0.39, 0.29) is 24.0 Å². The van der Waals surface area contributed by atoms with Crippen molar-refractivity contribution >= 4 is 46.2 Å². The highest BCUT2D eigenvalue weighted by Gasteiger charge is 2.05. The molecule has 0 bridgehead atoms. The SMILES string of the molecule is CCc1nncn1CCNC(=NC)NCc1cn2ccsc2n1.I. The minimum atomic E-state index is 0. The molecule has 3 aromatic heterocycles. The van der Waals surface area contributed by atoms with Crippen LogP contribution in [0.15, 0.2) is 29.1 Å². The topological polar surface area (TPSA) is 84.4 Å². The Kier molecular flexibility index (Phi) is 6.97. The number of hydrogen-bond donors (Lipinski definition) is 2. The summed E-state index contributed by atoms with van der Waals surface area (Å²) in [6.45, 7) is 4.27. The van der Waals surface area contributed by atoms with Crippen molar-refractivity contribution in [3.05, 3.63) is 35.6 Å². The average molecular weight is 460 g/mol. The Balaban J connectivity index is 0.00000208. The van der Waals surface area contributed by atoms with E-state index in [1.54, 1.807) is 24.7 Å². The first kappa shape index (κ1) is 18.6. The maximum absolute atomic E-state index is 4.54. The van der Waals surface area contributed by atoms with Crippen molar-refractivity contribution in [1.82, 2.24) is 34.8 Å². The molecule has 0 aromatic carbocycles. The Bertz CT molecular complexity index is 761. The predicted octanol–water partition coefficient (Wildman–Crippen LogP) is 1.53. The fraction of sp³-hybridized carbons (Fsp3) is 0.429. The van der Waals surface area contributed by atoms with Gasteiger partial charge in [-0.2, -0.15) is 0 Å². The largest absolute Gasteiger partial charge is 0.355 e. The molecule has 2 N–H and O–H groups in total. The van der Waals surface area contributed by atoms with Crippen molar-refractivity contribution in [2.75, 3.05) is 13.6 Å². The molecule has 0 radical (unpaired) electrons. The summed E-state index contributed by atoms with van der Waals surface area (Å²) < 4.78 is 4.07. The van der Waals surface area contributed by atoms with Crippen molar-refractivity contribution < 1.29 is 0 Å². The molecule has 130 valence electrons. The zero-order valence-corrected chi connectivity index (χ0v) is 16.8. The quantitative estimate of drug-likeness (QED) is 0.331. The first-order chi connectivity index (χ1) is 11.3. The normalized spacial score (nSPS) is 11.5. The van der Waals surface area contributed by atoms with Gasteiger partial charge in [0, 0.05) is 44.3 Å². The molecule has 0 saturated heterocycles. The first-order valence-electron chi connectivity index (χ1n) is 7.52. The molecule has 3 aromatic rings. The van der Waals surface area contributed by atoms with Gasteiger partial charge in [0.05, 0.1) is 12.2 Å². The number of nitrogens with one attached hydrogen (secondary N) is 2. The fourth-order valence-corrected chi connectivity index (χ4v) is 3.01. The number of halogens is 1. The van der Waals surface area contributed by atoms with Crippen molar-refractivity contribution in [2.45, 2.75) is 26.4 Å². The van der Waals surface area contributed by atoms with Gasteiger partial charge in [-0.3, -0.25) is 9.39 Å². The van der Waals surface area contributed by atoms with Crippen molar-refractivity contribution in [3.8, 4) is 0 Å². The zero-order chi connectivity index (χ0) is 16.1. The number of hydrogen-bond acceptors (Lipinski definition) is 5. The second kappa shape index (κ2) is 8.97. The molecule has 10 heteroatoms. The third kappa shape index (κ3) is 4.44. The van der Waals surface area contributed by atoms with E-state index in [9.17, 15) is 0 Å². The van der Waals surface area contributed by atoms with Gasteiger partial charge in [-0.1, -0.05) is 6.92 Å². The van der Waals surface area contributed by atoms with Gasteiger partial charge in [0.2, 0.25) is 0 Å². The lowest BCUT2D eigenvalue weighted by molar-refractivity contribution is 0.632. The number of aromatic nitrogens is 5. The van der Waals surface area contributed by atoms with Crippen LogP contribution < -0.4 is 10.6 Å². The summed E-state index contributed by atoms with van der Waals surface area (Å²) in [5.74, 6) is 1.75. The van der Waals surface area contributed by atoms with Gasteiger partial charge in [-0.25, -0.2) is 4.98 Å². The van der Waals surface area contributed by atoms with Crippen LogP contribution in [0.2, 0.25) is 0 Å². The lowest BCUT2D eigenvalue weighted by Crippen LogP contribution is -2.38. The molecular weight excluding hydrogens is 439 g/mol. The van der Waals surface area contributed by atoms with E-state index < -0.39 is 0 Å². The summed E-state index contributed by atoms with van der Waals surface area (Å²) in [4.78, 5) is 9.77. The molecule has 0 aliphatic carbocycles. The average Bonchev–Trinajstić information content (AvgIpc) is 3.25. The van der Waals surface area contributed by atoms with Crippen LogP contribution in [-0.4, -0.2) is 43.7 Å². The smallest absolute Gasteiger partial charge is 0.193 e. The third-order valence-corrected chi connectivity index (χ3v) is 4.23. The van der Waals surface area contributed by atoms with Gasteiger partial charge in [-0.15, -0.1) is 45.5 Å². The van der Waals surface area contributed by atoms with Crippen LogP contribution in [0.4, 0.5) is 0 Å². The van der Waals surface area contributed by atoms with E-state index in [1.807, 2.05) is 26.7 Å². The van der Waals surface area contributed by atoms with Gasteiger partial charge in [0.15, 0.2) is 10.9 Å². The second-order valence-electron chi connectivity index (χ2n) is 4.97. The van der Waals surface area contributed by atoms with Crippen LogP contribution in [0.5, 0.6) is 0 Å². The summed E-state index contributed by atoms with van der Waals surface area (Å²) in [6.07, 6.45) is 6.67. The lowest BCUT2D eigenvalue weighted by Gasteiger charge is -2.11. The minimum Gasteiger partial charge on any atom is -0.355 e. The van der Waals surface area contributed by atoms with Gasteiger partial charge < -0.3 is 15.2 Å². The highest BCUT2D eigenvalue weighted by molar-refractivity contribution is 14.0. The molecule has 0 spiro atoms. The van der Waals surface area contributed by atoms with Crippen LogP contribution in [-0.2, 0) is 19.5 Å². The highest BCUT2D eigenvalue weighted by atomic mass is 127. The summed E-state index contributed by atoms with van der Waals surface area (Å²) in [5, 5.41) is 16.6. The number of thiazole rings is 1. The van der Waals surface area contributed by atoms with Crippen LogP contribution in [0.3, 0.4) is 0 Å². The molecule has 0 fully saturated rings. The van der Waals surface area contributed by atoms with E-state index in [4.69, 9.17) is 0 Å². The summed E-state index contributed by atoms with van der Waals surface area (Å²) >= 11 is 1.63.